The summed E-state index contributed by atoms with van der Waals surface area (Å²) < 4.78 is 46.1. The van der Waals surface area contributed by atoms with Crippen LogP contribution in [0, 0.1) is 12.4 Å². The number of hydrogen-bond donors (Lipinski definition) is 1. The number of nitrogens with two attached hydrogens (primary N) is 1. The fourth-order valence-corrected chi connectivity index (χ4v) is 4.06. The van der Waals surface area contributed by atoms with Gasteiger partial charge in [0.15, 0.2) is 0 Å². The molecular formula is C26H22F3N3O. The minimum Gasteiger partial charge on any atom is -0.459 e. The van der Waals surface area contributed by atoms with Crippen molar-refractivity contribution in [2.24, 2.45) is 5.73 Å². The number of benzene rings is 2. The molecular weight excluding hydrogens is 427 g/mol. The molecule has 2 N–H and O–H groups in total. The maximum absolute atomic E-state index is 13.5. The van der Waals surface area contributed by atoms with Gasteiger partial charge in [-0.25, -0.2) is 13.2 Å². The van der Waals surface area contributed by atoms with Crippen LogP contribution in [0.25, 0.3) is 33.4 Å². The number of furan rings is 1. The molecule has 1 saturated heterocycles. The molecule has 0 amide bonds. The Kier molecular flexibility index (Phi) is 5.68. The third-order valence-electron chi connectivity index (χ3n) is 5.87. The predicted molar refractivity (Wildman–Crippen MR) is 121 cm³/mol. The normalized spacial score (nSPS) is 16.4. The van der Waals surface area contributed by atoms with E-state index in [9.17, 15) is 13.2 Å². The van der Waals surface area contributed by atoms with Crippen LogP contribution in [0.1, 0.15) is 24.2 Å². The number of halogens is 3. The van der Waals surface area contributed by atoms with E-state index in [0.29, 0.717) is 11.3 Å². The van der Waals surface area contributed by atoms with Crippen LogP contribution in [-0.4, -0.2) is 28.9 Å². The van der Waals surface area contributed by atoms with Gasteiger partial charge in [0.05, 0.1) is 18.8 Å². The molecule has 0 saturated carbocycles. The van der Waals surface area contributed by atoms with Gasteiger partial charge in [0, 0.05) is 48.6 Å². The average Bonchev–Trinajstić information content (AvgIpc) is 3.24. The van der Waals surface area contributed by atoms with Crippen LogP contribution >= 0.6 is 0 Å². The van der Waals surface area contributed by atoms with Crippen molar-refractivity contribution in [3.63, 3.8) is 0 Å². The molecule has 2 aromatic heterocycles. The average molecular weight is 449 g/mol. The Bertz CT molecular complexity index is 1260. The van der Waals surface area contributed by atoms with Gasteiger partial charge in [-0.3, -0.25) is 9.88 Å². The zero-order chi connectivity index (χ0) is 23.0. The molecule has 0 atom stereocenters. The Morgan fingerprint density at radius 2 is 1.76 bits per heavy atom. The summed E-state index contributed by atoms with van der Waals surface area (Å²) in [5.74, 6) is -2.24. The van der Waals surface area contributed by atoms with Crippen LogP contribution in [0.5, 0.6) is 0 Å². The third-order valence-corrected chi connectivity index (χ3v) is 5.87. The van der Waals surface area contributed by atoms with Crippen molar-refractivity contribution in [1.29, 1.82) is 0 Å². The first-order valence-electron chi connectivity index (χ1n) is 10.8. The van der Waals surface area contributed by atoms with Gasteiger partial charge in [-0.2, -0.15) is 0 Å². The molecule has 0 spiro atoms. The maximum atomic E-state index is 13.5. The summed E-state index contributed by atoms with van der Waals surface area (Å²) in [4.78, 5) is 6.36. The lowest BCUT2D eigenvalue weighted by atomic mass is 9.98. The molecule has 0 unspecified atom stereocenters. The zero-order valence-electron chi connectivity index (χ0n) is 17.8. The SMILES string of the molecule is NCc1cc2cc(-c3ccc([C]N4CCC(F)(F)CC4)cn3)cc(-c3ccc(F)cc3)c2o1. The second kappa shape index (κ2) is 8.65. The van der Waals surface area contributed by atoms with Crippen LogP contribution in [-0.2, 0) is 6.54 Å². The summed E-state index contributed by atoms with van der Waals surface area (Å²) in [5, 5.41) is 0.880. The number of aromatic nitrogens is 1. The molecule has 1 aliphatic heterocycles. The summed E-state index contributed by atoms with van der Waals surface area (Å²) in [6.07, 6.45) is 1.37. The quantitative estimate of drug-likeness (QED) is 0.414. The zero-order valence-corrected chi connectivity index (χ0v) is 17.8. The van der Waals surface area contributed by atoms with Crippen molar-refractivity contribution in [1.82, 2.24) is 9.88 Å². The van der Waals surface area contributed by atoms with Gasteiger partial charge in [-0.05, 0) is 47.5 Å². The summed E-state index contributed by atoms with van der Waals surface area (Å²) in [6.45, 7) is 3.97. The number of nitrogens with zero attached hydrogens (tertiary/aromatic N) is 2. The number of alkyl halides is 2. The van der Waals surface area contributed by atoms with E-state index >= 15 is 0 Å². The Balaban J connectivity index is 1.45. The molecule has 5 rings (SSSR count). The topological polar surface area (TPSA) is 55.3 Å². The lowest BCUT2D eigenvalue weighted by Gasteiger charge is -2.30. The molecule has 1 aliphatic rings. The first-order chi connectivity index (χ1) is 15.9. The van der Waals surface area contributed by atoms with Crippen molar-refractivity contribution in [3.05, 3.63) is 84.5 Å². The highest BCUT2D eigenvalue weighted by molar-refractivity contribution is 5.96. The predicted octanol–water partition coefficient (Wildman–Crippen LogP) is 5.88. The summed E-state index contributed by atoms with van der Waals surface area (Å²) in [7, 11) is 0. The van der Waals surface area contributed by atoms with Crippen molar-refractivity contribution >= 4 is 11.0 Å². The monoisotopic (exact) mass is 449 g/mol. The van der Waals surface area contributed by atoms with Crippen LogP contribution in [0.3, 0.4) is 0 Å². The van der Waals surface area contributed by atoms with E-state index < -0.39 is 5.92 Å². The minimum absolute atomic E-state index is 0.160. The van der Waals surface area contributed by atoms with Crippen molar-refractivity contribution in [2.45, 2.75) is 25.3 Å². The van der Waals surface area contributed by atoms with Crippen LogP contribution in [0.2, 0.25) is 0 Å². The molecule has 2 aromatic carbocycles. The molecule has 7 heteroatoms. The molecule has 3 heterocycles. The molecule has 0 bridgehead atoms. The molecule has 33 heavy (non-hydrogen) atoms. The van der Waals surface area contributed by atoms with Crippen LogP contribution < -0.4 is 5.73 Å². The molecule has 168 valence electrons. The highest BCUT2D eigenvalue weighted by atomic mass is 19.3. The van der Waals surface area contributed by atoms with Gasteiger partial charge in [0.2, 0.25) is 0 Å². The number of pyridine rings is 1. The Hall–Kier alpha value is -3.16. The fraction of sp³-hybridized carbons (Fsp3) is 0.231. The van der Waals surface area contributed by atoms with E-state index in [1.165, 1.54) is 12.1 Å². The minimum atomic E-state index is -2.59. The first kappa shape index (κ1) is 21.7. The van der Waals surface area contributed by atoms with Gasteiger partial charge in [0.1, 0.15) is 17.2 Å². The standard InChI is InChI=1S/C26H22F3N3O/c27-21-4-2-18(3-5-21)23-13-19(11-20-12-22(14-30)33-25(20)23)24-6-1-17(15-31-24)16-32-9-7-26(28,29)8-10-32/h1-6,11-13,15H,7-10,14,30H2. The van der Waals surface area contributed by atoms with Gasteiger partial charge in [0.25, 0.3) is 5.92 Å². The number of piperidine rings is 1. The molecule has 1 fully saturated rings. The second-order valence-electron chi connectivity index (χ2n) is 8.25. The Labute approximate surface area is 189 Å². The van der Waals surface area contributed by atoms with Crippen LogP contribution in [0.15, 0.2) is 65.2 Å². The van der Waals surface area contributed by atoms with Crippen molar-refractivity contribution < 1.29 is 17.6 Å². The van der Waals surface area contributed by atoms with E-state index in [4.69, 9.17) is 10.2 Å². The lowest BCUT2D eigenvalue weighted by molar-refractivity contribution is -0.0492. The van der Waals surface area contributed by atoms with E-state index in [1.54, 1.807) is 23.2 Å². The van der Waals surface area contributed by atoms with E-state index in [2.05, 4.69) is 11.5 Å². The third kappa shape index (κ3) is 4.65. The Morgan fingerprint density at radius 1 is 1.00 bits per heavy atom. The second-order valence-corrected chi connectivity index (χ2v) is 8.25. The van der Waals surface area contributed by atoms with Crippen molar-refractivity contribution in [3.8, 4) is 22.4 Å². The number of hydrogen-bond acceptors (Lipinski definition) is 4. The summed E-state index contributed by atoms with van der Waals surface area (Å²) in [5.41, 5.74) is 10.4. The number of likely N-dealkylation sites (tertiary alicyclic amines) is 1. The fourth-order valence-electron chi connectivity index (χ4n) is 4.06. The van der Waals surface area contributed by atoms with Gasteiger partial charge < -0.3 is 10.2 Å². The smallest absolute Gasteiger partial charge is 0.250 e. The molecule has 4 aromatic rings. The first-order valence-corrected chi connectivity index (χ1v) is 10.8. The molecule has 4 nitrogen and oxygen atoms in total. The molecule has 0 aliphatic carbocycles. The van der Waals surface area contributed by atoms with Gasteiger partial charge in [-0.1, -0.05) is 18.2 Å². The molecule has 2 radical (unpaired) electrons. The summed E-state index contributed by atoms with van der Waals surface area (Å²) >= 11 is 0. The summed E-state index contributed by atoms with van der Waals surface area (Å²) in [6, 6.07) is 15.8. The van der Waals surface area contributed by atoms with Gasteiger partial charge >= 0.3 is 0 Å². The highest BCUT2D eigenvalue weighted by Crippen LogP contribution is 2.36. The number of fused-ring (bicyclic) bond motifs is 1. The Morgan fingerprint density at radius 3 is 2.42 bits per heavy atom. The van der Waals surface area contributed by atoms with Crippen molar-refractivity contribution in [2.75, 3.05) is 13.1 Å². The maximum Gasteiger partial charge on any atom is 0.250 e. The highest BCUT2D eigenvalue weighted by Gasteiger charge is 2.34. The van der Waals surface area contributed by atoms with Gasteiger partial charge in [-0.15, -0.1) is 0 Å². The number of rotatable bonds is 5. The van der Waals surface area contributed by atoms with Crippen LogP contribution in [0.4, 0.5) is 13.2 Å². The lowest BCUT2D eigenvalue weighted by Crippen LogP contribution is -2.37. The van der Waals surface area contributed by atoms with E-state index in [-0.39, 0.29) is 38.3 Å². The largest absolute Gasteiger partial charge is 0.459 e. The van der Waals surface area contributed by atoms with E-state index in [1.807, 2.05) is 30.3 Å². The van der Waals surface area contributed by atoms with E-state index in [0.717, 1.165) is 33.3 Å².